The number of benzene rings is 1. The predicted octanol–water partition coefficient (Wildman–Crippen LogP) is 2.09. The molecule has 2 rings (SSSR count). The molecule has 2 N–H and O–H groups in total. The van der Waals surface area contributed by atoms with Crippen LogP contribution in [0.5, 0.6) is 5.75 Å². The summed E-state index contributed by atoms with van der Waals surface area (Å²) >= 11 is 3.11. The predicted molar refractivity (Wildman–Crippen MR) is 72.0 cm³/mol. The van der Waals surface area contributed by atoms with E-state index in [4.69, 9.17) is 9.84 Å². The molecule has 0 unspecified atom stereocenters. The Labute approximate surface area is 123 Å². The fourth-order valence-electron chi connectivity index (χ4n) is 1.96. The lowest BCUT2D eigenvalue weighted by Crippen LogP contribution is -2.59. The third kappa shape index (κ3) is 3.09. The quantitative estimate of drug-likeness (QED) is 0.856. The minimum Gasteiger partial charge on any atom is -0.481 e. The van der Waals surface area contributed by atoms with Crippen molar-refractivity contribution in [3.8, 4) is 5.75 Å². The lowest BCUT2D eigenvalue weighted by molar-refractivity contribution is -0.152. The van der Waals surface area contributed by atoms with Crippen molar-refractivity contribution in [1.29, 1.82) is 0 Å². The molecule has 0 atom stereocenters. The van der Waals surface area contributed by atoms with Gasteiger partial charge in [0.2, 0.25) is 0 Å². The SMILES string of the molecule is O=C(COc1ccc(Br)cc1F)NC1(C(=O)O)CCC1. The monoisotopic (exact) mass is 345 g/mol. The first-order chi connectivity index (χ1) is 9.43. The maximum Gasteiger partial charge on any atom is 0.329 e. The van der Waals surface area contributed by atoms with Gasteiger partial charge in [0.1, 0.15) is 5.54 Å². The first-order valence-electron chi connectivity index (χ1n) is 6.05. The first kappa shape index (κ1) is 14.8. The number of hydrogen-bond acceptors (Lipinski definition) is 3. The maximum absolute atomic E-state index is 13.5. The Morgan fingerprint density at radius 3 is 2.65 bits per heavy atom. The number of rotatable bonds is 5. The molecule has 1 aromatic rings. The van der Waals surface area contributed by atoms with Crippen molar-refractivity contribution in [2.75, 3.05) is 6.61 Å². The summed E-state index contributed by atoms with van der Waals surface area (Å²) < 4.78 is 19.1. The van der Waals surface area contributed by atoms with Gasteiger partial charge in [-0.2, -0.15) is 0 Å². The van der Waals surface area contributed by atoms with Crippen LogP contribution in [0.15, 0.2) is 22.7 Å². The summed E-state index contributed by atoms with van der Waals surface area (Å²) in [7, 11) is 0. The number of carboxylic acids is 1. The number of nitrogens with one attached hydrogen (secondary N) is 1. The standard InChI is InChI=1S/C13H13BrFNO4/c14-8-2-3-10(9(15)6-8)20-7-11(17)16-13(12(18)19)4-1-5-13/h2-3,6H,1,4-5,7H2,(H,16,17)(H,18,19). The molecule has 20 heavy (non-hydrogen) atoms. The minimum atomic E-state index is -1.18. The Kier molecular flexibility index (Phi) is 4.27. The maximum atomic E-state index is 13.5. The van der Waals surface area contributed by atoms with Crippen LogP contribution >= 0.6 is 15.9 Å². The molecular formula is C13H13BrFNO4. The molecule has 0 bridgehead atoms. The van der Waals surface area contributed by atoms with Crippen LogP contribution in [-0.2, 0) is 9.59 Å². The van der Waals surface area contributed by atoms with E-state index < -0.39 is 29.8 Å². The van der Waals surface area contributed by atoms with E-state index in [0.717, 1.165) is 6.42 Å². The highest BCUT2D eigenvalue weighted by Gasteiger charge is 2.45. The molecule has 1 fully saturated rings. The van der Waals surface area contributed by atoms with E-state index in [1.807, 2.05) is 0 Å². The Bertz CT molecular complexity index is 545. The zero-order valence-corrected chi connectivity index (χ0v) is 12.1. The summed E-state index contributed by atoms with van der Waals surface area (Å²) in [4.78, 5) is 22.8. The molecule has 0 saturated heterocycles. The zero-order valence-electron chi connectivity index (χ0n) is 10.5. The van der Waals surface area contributed by atoms with Crippen LogP contribution in [0.2, 0.25) is 0 Å². The summed E-state index contributed by atoms with van der Waals surface area (Å²) in [5.41, 5.74) is -1.18. The molecule has 1 saturated carbocycles. The van der Waals surface area contributed by atoms with E-state index >= 15 is 0 Å². The topological polar surface area (TPSA) is 75.6 Å². The van der Waals surface area contributed by atoms with Crippen molar-refractivity contribution < 1.29 is 23.8 Å². The highest BCUT2D eigenvalue weighted by atomic mass is 79.9. The van der Waals surface area contributed by atoms with Crippen molar-refractivity contribution in [2.24, 2.45) is 0 Å². The molecule has 108 valence electrons. The molecule has 1 aliphatic rings. The molecule has 0 aromatic heterocycles. The number of ether oxygens (including phenoxy) is 1. The molecule has 5 nitrogen and oxygen atoms in total. The number of hydrogen-bond donors (Lipinski definition) is 2. The van der Waals surface area contributed by atoms with Gasteiger partial charge in [-0.3, -0.25) is 4.79 Å². The van der Waals surface area contributed by atoms with Gasteiger partial charge in [-0.15, -0.1) is 0 Å². The molecule has 1 aromatic carbocycles. The zero-order chi connectivity index (χ0) is 14.8. The fraction of sp³-hybridized carbons (Fsp3) is 0.385. The van der Waals surface area contributed by atoms with Crippen LogP contribution in [0.4, 0.5) is 4.39 Å². The highest BCUT2D eigenvalue weighted by molar-refractivity contribution is 9.10. The number of carbonyl (C=O) groups is 2. The third-order valence-electron chi connectivity index (χ3n) is 3.25. The highest BCUT2D eigenvalue weighted by Crippen LogP contribution is 2.32. The average Bonchev–Trinajstić information content (AvgIpc) is 2.32. The number of carbonyl (C=O) groups excluding carboxylic acids is 1. The Morgan fingerprint density at radius 1 is 1.45 bits per heavy atom. The Morgan fingerprint density at radius 2 is 2.15 bits per heavy atom. The van der Waals surface area contributed by atoms with Crippen LogP contribution < -0.4 is 10.1 Å². The van der Waals surface area contributed by atoms with E-state index in [-0.39, 0.29) is 5.75 Å². The van der Waals surface area contributed by atoms with Crippen LogP contribution in [0.3, 0.4) is 0 Å². The van der Waals surface area contributed by atoms with Crippen molar-refractivity contribution in [1.82, 2.24) is 5.32 Å². The minimum absolute atomic E-state index is 0.0543. The van der Waals surface area contributed by atoms with E-state index in [1.165, 1.54) is 12.1 Å². The third-order valence-corrected chi connectivity index (χ3v) is 3.74. The van der Waals surface area contributed by atoms with Crippen LogP contribution in [-0.4, -0.2) is 29.1 Å². The average molecular weight is 346 g/mol. The van der Waals surface area contributed by atoms with Gasteiger partial charge in [0.05, 0.1) is 0 Å². The molecule has 0 radical (unpaired) electrons. The number of amides is 1. The second kappa shape index (κ2) is 5.78. The van der Waals surface area contributed by atoms with Crippen molar-refractivity contribution in [3.63, 3.8) is 0 Å². The lowest BCUT2D eigenvalue weighted by atomic mass is 9.77. The normalized spacial score (nSPS) is 16.1. The van der Waals surface area contributed by atoms with Gasteiger partial charge in [0.25, 0.3) is 5.91 Å². The number of aliphatic carboxylic acids is 1. The molecule has 0 heterocycles. The smallest absolute Gasteiger partial charge is 0.329 e. The summed E-state index contributed by atoms with van der Waals surface area (Å²) in [6.45, 7) is -0.423. The molecule has 7 heteroatoms. The second-order valence-electron chi connectivity index (χ2n) is 4.65. The van der Waals surface area contributed by atoms with Gasteiger partial charge in [-0.05, 0) is 37.5 Å². The summed E-state index contributed by atoms with van der Waals surface area (Å²) in [5, 5.41) is 11.5. The van der Waals surface area contributed by atoms with Gasteiger partial charge >= 0.3 is 5.97 Å². The largest absolute Gasteiger partial charge is 0.481 e. The van der Waals surface area contributed by atoms with Gasteiger partial charge in [0, 0.05) is 4.47 Å². The van der Waals surface area contributed by atoms with Gasteiger partial charge in [0.15, 0.2) is 18.2 Å². The first-order valence-corrected chi connectivity index (χ1v) is 6.84. The van der Waals surface area contributed by atoms with E-state index in [2.05, 4.69) is 21.2 Å². The molecule has 1 amide bonds. The van der Waals surface area contributed by atoms with Crippen LogP contribution in [0.1, 0.15) is 19.3 Å². The van der Waals surface area contributed by atoms with Crippen molar-refractivity contribution in [3.05, 3.63) is 28.5 Å². The van der Waals surface area contributed by atoms with Crippen molar-refractivity contribution in [2.45, 2.75) is 24.8 Å². The molecular weight excluding hydrogens is 333 g/mol. The molecule has 0 spiro atoms. The summed E-state index contributed by atoms with van der Waals surface area (Å²) in [6.07, 6.45) is 1.57. The van der Waals surface area contributed by atoms with Gasteiger partial charge < -0.3 is 15.2 Å². The molecule has 0 aliphatic heterocycles. The van der Waals surface area contributed by atoms with Gasteiger partial charge in [-0.25, -0.2) is 9.18 Å². The lowest BCUT2D eigenvalue weighted by Gasteiger charge is -2.38. The van der Waals surface area contributed by atoms with Gasteiger partial charge in [-0.1, -0.05) is 15.9 Å². The fourth-order valence-corrected chi connectivity index (χ4v) is 2.29. The summed E-state index contributed by atoms with van der Waals surface area (Å²) in [6, 6.07) is 4.20. The molecule has 1 aliphatic carbocycles. The van der Waals surface area contributed by atoms with E-state index in [0.29, 0.717) is 17.3 Å². The van der Waals surface area contributed by atoms with E-state index in [1.54, 1.807) is 6.07 Å². The van der Waals surface area contributed by atoms with Crippen LogP contribution in [0.25, 0.3) is 0 Å². The van der Waals surface area contributed by atoms with Crippen LogP contribution in [0, 0.1) is 5.82 Å². The summed E-state index contributed by atoms with van der Waals surface area (Å²) in [5.74, 6) is -2.27. The number of halogens is 2. The second-order valence-corrected chi connectivity index (χ2v) is 5.57. The Balaban J connectivity index is 1.91. The van der Waals surface area contributed by atoms with Crippen molar-refractivity contribution >= 4 is 27.8 Å². The Hall–Kier alpha value is -1.63. The van der Waals surface area contributed by atoms with E-state index in [9.17, 15) is 14.0 Å². The number of carboxylic acid groups (broad SMARTS) is 1.